The highest BCUT2D eigenvalue weighted by Gasteiger charge is 2.32. The number of carbonyl (C=O) groups excluding carboxylic acids is 2. The van der Waals surface area contributed by atoms with Crippen LogP contribution in [0.5, 0.6) is 11.5 Å². The molecule has 36 heavy (non-hydrogen) atoms. The van der Waals surface area contributed by atoms with E-state index in [0.717, 1.165) is 5.56 Å². The molecule has 3 aromatic carbocycles. The van der Waals surface area contributed by atoms with Gasteiger partial charge in [0, 0.05) is 23.5 Å². The van der Waals surface area contributed by atoms with Crippen molar-refractivity contribution in [1.29, 1.82) is 0 Å². The predicted octanol–water partition coefficient (Wildman–Crippen LogP) is 4.45. The minimum absolute atomic E-state index is 0.152. The van der Waals surface area contributed by atoms with Gasteiger partial charge in [-0.15, -0.1) is 0 Å². The molecule has 3 N–H and O–H groups in total. The predicted molar refractivity (Wildman–Crippen MR) is 133 cm³/mol. The van der Waals surface area contributed by atoms with Crippen LogP contribution in [0, 0.1) is 10.1 Å². The van der Waals surface area contributed by atoms with Gasteiger partial charge in [-0.3, -0.25) is 14.9 Å². The van der Waals surface area contributed by atoms with Crippen molar-refractivity contribution >= 4 is 23.3 Å². The first-order chi connectivity index (χ1) is 17.4. The Morgan fingerprint density at radius 1 is 1.06 bits per heavy atom. The Bertz CT molecular complexity index is 1340. The fourth-order valence-electron chi connectivity index (χ4n) is 3.86. The van der Waals surface area contributed by atoms with Crippen LogP contribution in [0.15, 0.2) is 84.1 Å². The summed E-state index contributed by atoms with van der Waals surface area (Å²) in [4.78, 5) is 36.1. The van der Waals surface area contributed by atoms with Crippen LogP contribution in [0.4, 0.5) is 16.2 Å². The smallest absolute Gasteiger partial charge is 0.319 e. The lowest BCUT2D eigenvalue weighted by molar-refractivity contribution is -0.384. The number of nitrogens with zero attached hydrogens (tertiary/aromatic N) is 1. The van der Waals surface area contributed by atoms with E-state index in [-0.39, 0.29) is 16.9 Å². The Morgan fingerprint density at radius 2 is 1.83 bits per heavy atom. The summed E-state index contributed by atoms with van der Waals surface area (Å²) in [6.07, 6.45) is 0. The van der Waals surface area contributed by atoms with Crippen LogP contribution < -0.4 is 25.4 Å². The van der Waals surface area contributed by atoms with Crippen molar-refractivity contribution in [3.8, 4) is 11.5 Å². The van der Waals surface area contributed by atoms with E-state index in [4.69, 9.17) is 9.47 Å². The molecule has 0 fully saturated rings. The Morgan fingerprint density at radius 3 is 2.56 bits per heavy atom. The quantitative estimate of drug-likeness (QED) is 0.317. The second-order valence-corrected chi connectivity index (χ2v) is 8.02. The van der Waals surface area contributed by atoms with Crippen LogP contribution >= 0.6 is 0 Å². The summed E-state index contributed by atoms with van der Waals surface area (Å²) in [5.41, 5.74) is 2.30. The molecule has 1 aliphatic heterocycles. The van der Waals surface area contributed by atoms with Gasteiger partial charge in [-0.2, -0.15) is 0 Å². The second kappa shape index (κ2) is 10.6. The molecule has 0 aliphatic carbocycles. The fourth-order valence-corrected chi connectivity index (χ4v) is 3.86. The average Bonchev–Trinajstić information content (AvgIpc) is 2.87. The van der Waals surface area contributed by atoms with E-state index in [1.807, 2.05) is 30.3 Å². The van der Waals surface area contributed by atoms with E-state index in [1.165, 1.54) is 25.3 Å². The molecule has 0 saturated carbocycles. The van der Waals surface area contributed by atoms with Crippen molar-refractivity contribution in [3.63, 3.8) is 0 Å². The van der Waals surface area contributed by atoms with Gasteiger partial charge in [0.1, 0.15) is 6.61 Å². The van der Waals surface area contributed by atoms with Crippen molar-refractivity contribution < 1.29 is 24.0 Å². The van der Waals surface area contributed by atoms with Gasteiger partial charge in [0.25, 0.3) is 11.6 Å². The summed E-state index contributed by atoms with van der Waals surface area (Å²) >= 11 is 0. The highest BCUT2D eigenvalue weighted by Crippen LogP contribution is 2.35. The monoisotopic (exact) mass is 488 g/mol. The highest BCUT2D eigenvalue weighted by atomic mass is 16.6. The number of ether oxygens (including phenoxy) is 2. The zero-order valence-electron chi connectivity index (χ0n) is 19.6. The van der Waals surface area contributed by atoms with Crippen LogP contribution in [0.2, 0.25) is 0 Å². The number of methoxy groups -OCH3 is 1. The van der Waals surface area contributed by atoms with Gasteiger partial charge in [-0.25, -0.2) is 4.79 Å². The number of hydrogen-bond donors (Lipinski definition) is 3. The molecule has 1 atom stereocenters. The van der Waals surface area contributed by atoms with E-state index in [0.29, 0.717) is 29.4 Å². The topological polar surface area (TPSA) is 132 Å². The lowest BCUT2D eigenvalue weighted by Gasteiger charge is -2.29. The largest absolute Gasteiger partial charge is 0.493 e. The first-order valence-corrected chi connectivity index (χ1v) is 11.0. The van der Waals surface area contributed by atoms with Crippen LogP contribution in [-0.4, -0.2) is 24.0 Å². The second-order valence-electron chi connectivity index (χ2n) is 8.02. The number of anilines is 1. The van der Waals surface area contributed by atoms with Gasteiger partial charge in [0.2, 0.25) is 0 Å². The van der Waals surface area contributed by atoms with Crippen molar-refractivity contribution in [2.75, 3.05) is 12.4 Å². The summed E-state index contributed by atoms with van der Waals surface area (Å²) in [5, 5.41) is 19.1. The summed E-state index contributed by atoms with van der Waals surface area (Å²) in [6.45, 7) is 1.96. The molecule has 184 valence electrons. The van der Waals surface area contributed by atoms with Gasteiger partial charge in [0.15, 0.2) is 11.5 Å². The van der Waals surface area contributed by atoms with Gasteiger partial charge in [0.05, 0.1) is 23.6 Å². The van der Waals surface area contributed by atoms with E-state index in [2.05, 4.69) is 16.0 Å². The number of benzene rings is 3. The van der Waals surface area contributed by atoms with Crippen LogP contribution in [-0.2, 0) is 11.4 Å². The van der Waals surface area contributed by atoms with E-state index < -0.39 is 22.9 Å². The minimum atomic E-state index is -0.797. The van der Waals surface area contributed by atoms with Crippen molar-refractivity contribution in [1.82, 2.24) is 10.6 Å². The number of hydrogen-bond acceptors (Lipinski definition) is 6. The number of allylic oxidation sites excluding steroid dienone is 1. The van der Waals surface area contributed by atoms with Crippen LogP contribution in [0.25, 0.3) is 0 Å². The number of nitro benzene ring substituents is 1. The van der Waals surface area contributed by atoms with Gasteiger partial charge < -0.3 is 25.4 Å². The number of amides is 3. The average molecular weight is 489 g/mol. The first kappa shape index (κ1) is 24.3. The molecule has 1 aliphatic rings. The maximum Gasteiger partial charge on any atom is 0.319 e. The van der Waals surface area contributed by atoms with Gasteiger partial charge in [-0.05, 0) is 36.2 Å². The Balaban J connectivity index is 1.60. The van der Waals surface area contributed by atoms with Crippen LogP contribution in [0.1, 0.15) is 24.1 Å². The lowest BCUT2D eigenvalue weighted by Crippen LogP contribution is -2.46. The van der Waals surface area contributed by atoms with Gasteiger partial charge in [-0.1, -0.05) is 42.5 Å². The third-order valence-electron chi connectivity index (χ3n) is 5.59. The lowest BCUT2D eigenvalue weighted by atomic mass is 9.94. The number of urea groups is 1. The number of nitrogens with one attached hydrogen (secondary N) is 3. The van der Waals surface area contributed by atoms with Crippen molar-refractivity contribution in [2.24, 2.45) is 0 Å². The molecule has 0 bridgehead atoms. The molecule has 0 radical (unpaired) electrons. The molecular weight excluding hydrogens is 464 g/mol. The minimum Gasteiger partial charge on any atom is -0.493 e. The zero-order valence-corrected chi connectivity index (χ0v) is 19.6. The Labute approximate surface area is 207 Å². The molecule has 4 rings (SSSR count). The number of rotatable bonds is 8. The normalized spacial score (nSPS) is 14.9. The number of nitro groups is 1. The number of non-ortho nitro benzene ring substituents is 1. The molecule has 10 heteroatoms. The zero-order chi connectivity index (χ0) is 25.7. The third-order valence-corrected chi connectivity index (χ3v) is 5.59. The van der Waals surface area contributed by atoms with Crippen LogP contribution in [0.3, 0.4) is 0 Å². The molecule has 3 aromatic rings. The summed E-state index contributed by atoms with van der Waals surface area (Å²) < 4.78 is 11.4. The Kier molecular flexibility index (Phi) is 7.15. The van der Waals surface area contributed by atoms with E-state index in [9.17, 15) is 19.7 Å². The molecular formula is C26H24N4O6. The molecule has 0 aromatic heterocycles. The van der Waals surface area contributed by atoms with Crippen molar-refractivity contribution in [2.45, 2.75) is 19.6 Å². The summed E-state index contributed by atoms with van der Waals surface area (Å²) in [5.74, 6) is 0.426. The molecule has 1 heterocycles. The summed E-state index contributed by atoms with van der Waals surface area (Å²) in [7, 11) is 1.51. The fraction of sp³-hybridized carbons (Fsp3) is 0.154. The highest BCUT2D eigenvalue weighted by molar-refractivity contribution is 6.06. The van der Waals surface area contributed by atoms with E-state index in [1.54, 1.807) is 31.2 Å². The Hall–Kier alpha value is -4.86. The molecule has 0 saturated heterocycles. The number of carbonyl (C=O) groups is 2. The van der Waals surface area contributed by atoms with Crippen molar-refractivity contribution in [3.05, 3.63) is 105 Å². The molecule has 0 spiro atoms. The SMILES string of the molecule is COc1cc([C@H]2NC(=O)NC(C)=C2C(=O)Nc2cccc([N+](=O)[O-])c2)ccc1OCc1ccccc1. The first-order valence-electron chi connectivity index (χ1n) is 11.0. The maximum absolute atomic E-state index is 13.2. The molecule has 3 amide bonds. The van der Waals surface area contributed by atoms with E-state index >= 15 is 0 Å². The molecule has 10 nitrogen and oxygen atoms in total. The standard InChI is InChI=1S/C26H24N4O6/c1-16-23(25(31)28-19-9-6-10-20(14-19)30(33)34)24(29-26(32)27-16)18-11-12-21(22(13-18)35-2)36-15-17-7-4-3-5-8-17/h3-14,24H,15H2,1-2H3,(H,28,31)(H2,27,29,32)/t24-/m1/s1. The summed E-state index contributed by atoms with van der Waals surface area (Å²) in [6, 6.07) is 19.2. The third kappa shape index (κ3) is 5.44. The molecule has 0 unspecified atom stereocenters. The maximum atomic E-state index is 13.2. The van der Waals surface area contributed by atoms with Gasteiger partial charge >= 0.3 is 6.03 Å².